The maximum atomic E-state index is 6.29. The van der Waals surface area contributed by atoms with Crippen LogP contribution in [-0.2, 0) is 0 Å². The van der Waals surface area contributed by atoms with Gasteiger partial charge in [-0.05, 0) is 36.2 Å². The molecular weight excluding hydrogens is 282 g/mol. The number of halogens is 1. The molecule has 2 aromatic rings. The molecule has 0 aliphatic rings. The molecule has 0 aliphatic carbocycles. The Morgan fingerprint density at radius 2 is 1.68 bits per heavy atom. The number of benzene rings is 1. The molecule has 2 N–H and O–H groups in total. The smallest absolute Gasteiger partial charge is 0.122 e. The van der Waals surface area contributed by atoms with Gasteiger partial charge in [0, 0.05) is 10.9 Å². The van der Waals surface area contributed by atoms with Gasteiger partial charge in [0.25, 0.3) is 0 Å². The first kappa shape index (κ1) is 14.2. The van der Waals surface area contributed by atoms with Crippen LogP contribution in [0.4, 0.5) is 0 Å². The van der Waals surface area contributed by atoms with Gasteiger partial charge in [-0.2, -0.15) is 0 Å². The van der Waals surface area contributed by atoms with E-state index in [1.54, 1.807) is 14.2 Å². The quantitative estimate of drug-likeness (QED) is 0.934. The first-order valence-corrected chi connectivity index (χ1v) is 6.99. The van der Waals surface area contributed by atoms with E-state index in [0.717, 1.165) is 31.8 Å². The number of rotatable bonds is 4. The summed E-state index contributed by atoms with van der Waals surface area (Å²) in [5.41, 5.74) is 8.27. The van der Waals surface area contributed by atoms with Crippen molar-refractivity contribution in [1.29, 1.82) is 0 Å². The lowest BCUT2D eigenvalue weighted by molar-refractivity contribution is 0.393. The number of hydrogen-bond acceptors (Lipinski definition) is 4. The Balaban J connectivity index is 2.39. The highest BCUT2D eigenvalue weighted by Crippen LogP contribution is 2.35. The van der Waals surface area contributed by atoms with Gasteiger partial charge in [-0.25, -0.2) is 0 Å². The fraction of sp³-hybridized carbons (Fsp3) is 0.286. The molecular formula is C14H16ClNO2S. The molecule has 0 aliphatic heterocycles. The highest BCUT2D eigenvalue weighted by molar-refractivity contribution is 7.16. The van der Waals surface area contributed by atoms with Crippen LogP contribution in [0.5, 0.6) is 11.5 Å². The zero-order chi connectivity index (χ0) is 14.0. The van der Waals surface area contributed by atoms with Gasteiger partial charge in [0.05, 0.1) is 24.6 Å². The van der Waals surface area contributed by atoms with Crippen LogP contribution in [0.15, 0.2) is 24.3 Å². The third kappa shape index (κ3) is 3.03. The summed E-state index contributed by atoms with van der Waals surface area (Å²) in [6.45, 7) is 1.97. The van der Waals surface area contributed by atoms with Crippen LogP contribution in [0, 0.1) is 6.92 Å². The summed E-state index contributed by atoms with van der Waals surface area (Å²) in [4.78, 5) is 1.03. The van der Waals surface area contributed by atoms with Gasteiger partial charge in [0.15, 0.2) is 0 Å². The summed E-state index contributed by atoms with van der Waals surface area (Å²) in [5, 5.41) is 0. The Morgan fingerprint density at radius 1 is 1.11 bits per heavy atom. The van der Waals surface area contributed by atoms with Crippen molar-refractivity contribution in [1.82, 2.24) is 0 Å². The predicted molar refractivity (Wildman–Crippen MR) is 79.6 cm³/mol. The summed E-state index contributed by atoms with van der Waals surface area (Å²) in [6, 6.07) is 7.43. The lowest BCUT2D eigenvalue weighted by Gasteiger charge is -2.13. The summed E-state index contributed by atoms with van der Waals surface area (Å²) >= 11 is 7.59. The maximum absolute atomic E-state index is 6.29. The van der Waals surface area contributed by atoms with Crippen LogP contribution in [0.2, 0.25) is 4.34 Å². The molecule has 0 radical (unpaired) electrons. The summed E-state index contributed by atoms with van der Waals surface area (Å²) in [6.07, 6.45) is 0. The van der Waals surface area contributed by atoms with E-state index in [0.29, 0.717) is 0 Å². The standard InChI is InChI=1S/C14H16ClNO2S/c1-8-4-12(19-14(8)15)13(16)9-5-10(17-2)7-11(6-9)18-3/h4-7,13H,16H2,1-3H3. The van der Waals surface area contributed by atoms with E-state index < -0.39 is 0 Å². The largest absolute Gasteiger partial charge is 0.497 e. The Morgan fingerprint density at radius 3 is 2.11 bits per heavy atom. The number of methoxy groups -OCH3 is 2. The summed E-state index contributed by atoms with van der Waals surface area (Å²) < 4.78 is 11.3. The second-order valence-electron chi connectivity index (χ2n) is 4.23. The molecule has 1 aromatic heterocycles. The average molecular weight is 298 g/mol. The average Bonchev–Trinajstić information content (AvgIpc) is 2.77. The van der Waals surface area contributed by atoms with Crippen molar-refractivity contribution in [3.05, 3.63) is 44.6 Å². The van der Waals surface area contributed by atoms with Crippen molar-refractivity contribution in [2.75, 3.05) is 14.2 Å². The van der Waals surface area contributed by atoms with E-state index in [1.165, 1.54) is 11.3 Å². The number of aryl methyl sites for hydroxylation is 1. The van der Waals surface area contributed by atoms with Crippen molar-refractivity contribution in [3.63, 3.8) is 0 Å². The normalized spacial score (nSPS) is 12.3. The molecule has 3 nitrogen and oxygen atoms in total. The molecule has 5 heteroatoms. The number of hydrogen-bond donors (Lipinski definition) is 1. The van der Waals surface area contributed by atoms with Crippen molar-refractivity contribution in [3.8, 4) is 11.5 Å². The molecule has 1 aromatic carbocycles. The Kier molecular flexibility index (Phi) is 4.34. The minimum absolute atomic E-state index is 0.236. The highest BCUT2D eigenvalue weighted by atomic mass is 35.5. The zero-order valence-corrected chi connectivity index (χ0v) is 12.6. The van der Waals surface area contributed by atoms with Crippen LogP contribution < -0.4 is 15.2 Å². The number of ether oxygens (including phenoxy) is 2. The Hall–Kier alpha value is -1.23. The van der Waals surface area contributed by atoms with Gasteiger partial charge in [0.1, 0.15) is 11.5 Å². The Bertz CT molecular complexity index is 541. The van der Waals surface area contributed by atoms with Gasteiger partial charge in [-0.3, -0.25) is 0 Å². The van der Waals surface area contributed by atoms with E-state index >= 15 is 0 Å². The van der Waals surface area contributed by atoms with E-state index in [-0.39, 0.29) is 6.04 Å². The fourth-order valence-corrected chi connectivity index (χ4v) is 3.06. The molecule has 2 rings (SSSR count). The van der Waals surface area contributed by atoms with E-state index in [9.17, 15) is 0 Å². The molecule has 19 heavy (non-hydrogen) atoms. The first-order valence-electron chi connectivity index (χ1n) is 5.79. The molecule has 0 bridgehead atoms. The van der Waals surface area contributed by atoms with Crippen LogP contribution in [0.3, 0.4) is 0 Å². The minimum atomic E-state index is -0.236. The fourth-order valence-electron chi connectivity index (χ4n) is 1.81. The topological polar surface area (TPSA) is 44.5 Å². The lowest BCUT2D eigenvalue weighted by Crippen LogP contribution is -2.10. The molecule has 0 saturated heterocycles. The molecule has 0 saturated carbocycles. The van der Waals surface area contributed by atoms with Crippen molar-refractivity contribution >= 4 is 22.9 Å². The van der Waals surface area contributed by atoms with Gasteiger partial charge < -0.3 is 15.2 Å². The van der Waals surface area contributed by atoms with Gasteiger partial charge in [0.2, 0.25) is 0 Å². The van der Waals surface area contributed by atoms with Crippen molar-refractivity contribution in [2.45, 2.75) is 13.0 Å². The monoisotopic (exact) mass is 297 g/mol. The molecule has 1 atom stereocenters. The Labute approximate surface area is 121 Å². The number of thiophene rings is 1. The molecule has 0 spiro atoms. The molecule has 102 valence electrons. The van der Waals surface area contributed by atoms with E-state index in [4.69, 9.17) is 26.8 Å². The molecule has 1 heterocycles. The van der Waals surface area contributed by atoms with Crippen LogP contribution >= 0.6 is 22.9 Å². The predicted octanol–water partition coefficient (Wildman–Crippen LogP) is 3.78. The van der Waals surface area contributed by atoms with Crippen LogP contribution in [0.25, 0.3) is 0 Å². The van der Waals surface area contributed by atoms with E-state index in [1.807, 2.05) is 31.2 Å². The van der Waals surface area contributed by atoms with E-state index in [2.05, 4.69) is 0 Å². The lowest BCUT2D eigenvalue weighted by atomic mass is 10.0. The van der Waals surface area contributed by atoms with Gasteiger partial charge >= 0.3 is 0 Å². The van der Waals surface area contributed by atoms with Gasteiger partial charge in [-0.1, -0.05) is 11.6 Å². The second kappa shape index (κ2) is 5.82. The zero-order valence-electron chi connectivity index (χ0n) is 11.1. The number of nitrogens with two attached hydrogens (primary N) is 1. The van der Waals surface area contributed by atoms with Crippen LogP contribution in [0.1, 0.15) is 22.0 Å². The second-order valence-corrected chi connectivity index (χ2v) is 5.92. The first-order chi connectivity index (χ1) is 9.05. The molecule has 0 amide bonds. The van der Waals surface area contributed by atoms with Crippen molar-refractivity contribution < 1.29 is 9.47 Å². The summed E-state index contributed by atoms with van der Waals surface area (Å²) in [7, 11) is 3.24. The third-order valence-corrected chi connectivity index (χ3v) is 4.55. The minimum Gasteiger partial charge on any atom is -0.497 e. The maximum Gasteiger partial charge on any atom is 0.122 e. The van der Waals surface area contributed by atoms with Crippen molar-refractivity contribution in [2.24, 2.45) is 5.73 Å². The van der Waals surface area contributed by atoms with Gasteiger partial charge in [-0.15, -0.1) is 11.3 Å². The summed E-state index contributed by atoms with van der Waals surface area (Å²) in [5.74, 6) is 1.45. The SMILES string of the molecule is COc1cc(OC)cc(C(N)c2cc(C)c(Cl)s2)c1. The molecule has 1 unspecified atom stereocenters. The molecule has 0 fully saturated rings. The third-order valence-electron chi connectivity index (χ3n) is 2.92. The highest BCUT2D eigenvalue weighted by Gasteiger charge is 2.15. The van der Waals surface area contributed by atoms with Crippen LogP contribution in [-0.4, -0.2) is 14.2 Å².